The number of rotatable bonds is 4. The van der Waals surface area contributed by atoms with Gasteiger partial charge in [-0.2, -0.15) is 5.10 Å². The third-order valence-corrected chi connectivity index (χ3v) is 4.73. The van der Waals surface area contributed by atoms with Crippen molar-refractivity contribution < 1.29 is 14.4 Å². The number of quaternary nitrogens is 1. The van der Waals surface area contributed by atoms with Crippen LogP contribution in [0.5, 0.6) is 5.88 Å². The fourth-order valence-electron chi connectivity index (χ4n) is 2.74. The SMILES string of the molecule is C[NH+]1CCN(/N=C/c2c(O)n(Cc3ccc(F)cc3)c(=S)[nH]c2=O)CC1. The number of H-pyrrole nitrogens is 1. The first kappa shape index (κ1) is 18.3. The lowest BCUT2D eigenvalue weighted by Gasteiger charge is -2.27. The standard InChI is InChI=1S/C17H20FN5O2S/c1-21-6-8-22(9-7-21)19-10-14-15(24)20-17(26)23(16(14)25)11-12-2-4-13(18)5-3-12/h2-5,10,25H,6-9,11H2,1H3,(H,20,24,26)/p+1/b19-10+. The van der Waals surface area contributed by atoms with Gasteiger partial charge in [0.1, 0.15) is 11.4 Å². The van der Waals surface area contributed by atoms with Gasteiger partial charge in [0.15, 0.2) is 4.77 Å². The Morgan fingerprint density at radius 1 is 1.35 bits per heavy atom. The minimum Gasteiger partial charge on any atom is -0.494 e. The van der Waals surface area contributed by atoms with Gasteiger partial charge < -0.3 is 10.0 Å². The van der Waals surface area contributed by atoms with Gasteiger partial charge in [-0.15, -0.1) is 0 Å². The predicted octanol–water partition coefficient (Wildman–Crippen LogP) is -0.0369. The summed E-state index contributed by atoms with van der Waals surface area (Å²) >= 11 is 5.15. The molecule has 0 spiro atoms. The van der Waals surface area contributed by atoms with Gasteiger partial charge in [-0.3, -0.25) is 19.4 Å². The summed E-state index contributed by atoms with van der Waals surface area (Å²) in [6, 6.07) is 5.86. The van der Waals surface area contributed by atoms with E-state index in [1.165, 1.54) is 27.8 Å². The van der Waals surface area contributed by atoms with Gasteiger partial charge in [-0.05, 0) is 29.9 Å². The van der Waals surface area contributed by atoms with Gasteiger partial charge in [0.05, 0.1) is 46.0 Å². The number of likely N-dealkylation sites (N-methyl/N-ethyl adjacent to an activating group) is 1. The number of aromatic amines is 1. The summed E-state index contributed by atoms with van der Waals surface area (Å²) in [6.45, 7) is 3.72. The summed E-state index contributed by atoms with van der Waals surface area (Å²) in [5.41, 5.74) is 0.299. The fraction of sp³-hybridized carbons (Fsp3) is 0.353. The Morgan fingerprint density at radius 3 is 2.65 bits per heavy atom. The molecule has 26 heavy (non-hydrogen) atoms. The summed E-state index contributed by atoms with van der Waals surface area (Å²) in [5.74, 6) is -0.601. The molecular weight excluding hydrogens is 357 g/mol. The molecule has 0 unspecified atom stereocenters. The molecule has 0 atom stereocenters. The topological polar surface area (TPSA) is 78.1 Å². The van der Waals surface area contributed by atoms with Crippen molar-refractivity contribution in [2.75, 3.05) is 33.2 Å². The molecule has 0 amide bonds. The number of nitrogens with one attached hydrogen (secondary N) is 2. The van der Waals surface area contributed by atoms with Crippen LogP contribution in [-0.2, 0) is 6.54 Å². The van der Waals surface area contributed by atoms with Crippen LogP contribution in [0.25, 0.3) is 0 Å². The van der Waals surface area contributed by atoms with Gasteiger partial charge in [0, 0.05) is 0 Å². The highest BCUT2D eigenvalue weighted by molar-refractivity contribution is 7.71. The van der Waals surface area contributed by atoms with Gasteiger partial charge >= 0.3 is 0 Å². The van der Waals surface area contributed by atoms with E-state index in [0.29, 0.717) is 0 Å². The van der Waals surface area contributed by atoms with Crippen molar-refractivity contribution in [2.45, 2.75) is 6.54 Å². The van der Waals surface area contributed by atoms with Crippen LogP contribution < -0.4 is 10.5 Å². The van der Waals surface area contributed by atoms with E-state index in [2.05, 4.69) is 17.1 Å². The lowest BCUT2D eigenvalue weighted by molar-refractivity contribution is -0.884. The molecule has 0 saturated carbocycles. The summed E-state index contributed by atoms with van der Waals surface area (Å²) in [6.07, 6.45) is 1.37. The number of aromatic nitrogens is 2. The molecule has 9 heteroatoms. The van der Waals surface area contributed by atoms with E-state index >= 15 is 0 Å². The number of aromatic hydroxyl groups is 1. The van der Waals surface area contributed by atoms with Crippen LogP contribution in [-0.4, -0.2) is 59.1 Å². The molecule has 0 aliphatic carbocycles. The Balaban J connectivity index is 1.87. The maximum Gasteiger partial charge on any atom is 0.264 e. The number of hydrogen-bond donors (Lipinski definition) is 3. The molecule has 1 fully saturated rings. The highest BCUT2D eigenvalue weighted by atomic mass is 32.1. The molecule has 138 valence electrons. The first-order chi connectivity index (χ1) is 12.4. The molecule has 1 aromatic carbocycles. The van der Waals surface area contributed by atoms with E-state index in [1.807, 2.05) is 5.01 Å². The van der Waals surface area contributed by atoms with Crippen LogP contribution in [0, 0.1) is 10.6 Å². The average Bonchev–Trinajstić information content (AvgIpc) is 2.61. The molecule has 0 bridgehead atoms. The first-order valence-corrected chi connectivity index (χ1v) is 8.75. The fourth-order valence-corrected chi connectivity index (χ4v) is 2.99. The van der Waals surface area contributed by atoms with Crippen molar-refractivity contribution in [1.82, 2.24) is 14.6 Å². The molecular formula is C17H21FN5O2S+. The molecule has 2 aromatic rings. The second-order valence-electron chi connectivity index (χ2n) is 6.36. The number of nitrogens with zero attached hydrogens (tertiary/aromatic N) is 3. The van der Waals surface area contributed by atoms with Crippen LogP contribution in [0.3, 0.4) is 0 Å². The summed E-state index contributed by atoms with van der Waals surface area (Å²) in [4.78, 5) is 16.2. The molecule has 7 nitrogen and oxygen atoms in total. The van der Waals surface area contributed by atoms with Crippen LogP contribution in [0.15, 0.2) is 34.2 Å². The molecule has 1 aliphatic rings. The average molecular weight is 378 g/mol. The lowest BCUT2D eigenvalue weighted by Crippen LogP contribution is -3.11. The quantitative estimate of drug-likeness (QED) is 0.516. The van der Waals surface area contributed by atoms with Crippen molar-refractivity contribution in [3.63, 3.8) is 0 Å². The molecule has 1 aromatic heterocycles. The second-order valence-corrected chi connectivity index (χ2v) is 6.75. The lowest BCUT2D eigenvalue weighted by atomic mass is 10.2. The third kappa shape index (κ3) is 4.17. The Kier molecular flexibility index (Phi) is 5.48. The Bertz CT molecular complexity index is 914. The maximum atomic E-state index is 13.1. The number of hydrazone groups is 1. The largest absolute Gasteiger partial charge is 0.494 e. The van der Waals surface area contributed by atoms with Crippen molar-refractivity contribution in [2.24, 2.45) is 5.10 Å². The second kappa shape index (κ2) is 7.79. The molecule has 2 heterocycles. The zero-order valence-corrected chi connectivity index (χ0v) is 15.2. The number of piperazine rings is 1. The van der Waals surface area contributed by atoms with Crippen molar-refractivity contribution in [1.29, 1.82) is 0 Å². The third-order valence-electron chi connectivity index (χ3n) is 4.40. The minimum atomic E-state index is -0.494. The van der Waals surface area contributed by atoms with Gasteiger partial charge in [0.2, 0.25) is 5.88 Å². The predicted molar refractivity (Wildman–Crippen MR) is 98.8 cm³/mol. The van der Waals surface area contributed by atoms with E-state index in [4.69, 9.17) is 12.2 Å². The summed E-state index contributed by atoms with van der Waals surface area (Å²) in [5, 5.41) is 16.7. The summed E-state index contributed by atoms with van der Waals surface area (Å²) in [7, 11) is 2.12. The van der Waals surface area contributed by atoms with E-state index in [0.717, 1.165) is 31.7 Å². The van der Waals surface area contributed by atoms with Crippen LogP contribution in [0.1, 0.15) is 11.1 Å². The monoisotopic (exact) mass is 378 g/mol. The highest BCUT2D eigenvalue weighted by Crippen LogP contribution is 2.15. The van der Waals surface area contributed by atoms with E-state index in [1.54, 1.807) is 12.1 Å². The minimum absolute atomic E-state index is 0.0481. The van der Waals surface area contributed by atoms with E-state index in [-0.39, 0.29) is 28.6 Å². The van der Waals surface area contributed by atoms with Gasteiger partial charge in [-0.1, -0.05) is 12.1 Å². The van der Waals surface area contributed by atoms with E-state index in [9.17, 15) is 14.3 Å². The zero-order valence-electron chi connectivity index (χ0n) is 14.4. The number of benzene rings is 1. The first-order valence-electron chi connectivity index (χ1n) is 8.35. The van der Waals surface area contributed by atoms with Gasteiger partial charge in [-0.25, -0.2) is 4.39 Å². The Morgan fingerprint density at radius 2 is 2.00 bits per heavy atom. The number of hydrogen-bond acceptors (Lipinski definition) is 5. The molecule has 1 saturated heterocycles. The van der Waals surface area contributed by atoms with Gasteiger partial charge in [0.25, 0.3) is 5.56 Å². The zero-order chi connectivity index (χ0) is 18.7. The molecule has 3 N–H and O–H groups in total. The van der Waals surface area contributed by atoms with Crippen molar-refractivity contribution in [3.8, 4) is 5.88 Å². The van der Waals surface area contributed by atoms with Crippen LogP contribution in [0.2, 0.25) is 0 Å². The van der Waals surface area contributed by atoms with Crippen LogP contribution in [0.4, 0.5) is 4.39 Å². The normalized spacial score (nSPS) is 15.7. The Hall–Kier alpha value is -2.52. The Labute approximate surface area is 155 Å². The highest BCUT2D eigenvalue weighted by Gasteiger charge is 2.16. The van der Waals surface area contributed by atoms with Crippen LogP contribution >= 0.6 is 12.2 Å². The molecule has 0 radical (unpaired) electrons. The summed E-state index contributed by atoms with van der Waals surface area (Å²) < 4.78 is 14.5. The van der Waals surface area contributed by atoms with Crippen molar-refractivity contribution >= 4 is 18.4 Å². The molecule has 1 aliphatic heterocycles. The maximum absolute atomic E-state index is 13.1. The van der Waals surface area contributed by atoms with E-state index < -0.39 is 5.56 Å². The molecule has 3 rings (SSSR count). The van der Waals surface area contributed by atoms with Crippen molar-refractivity contribution in [3.05, 3.63) is 56.3 Å². The number of halogens is 1. The smallest absolute Gasteiger partial charge is 0.264 e.